The second-order valence-corrected chi connectivity index (χ2v) is 5.80. The Kier molecular flexibility index (Phi) is 4.13. The van der Waals surface area contributed by atoms with Crippen LogP contribution in [0.1, 0.15) is 25.6 Å². The van der Waals surface area contributed by atoms with E-state index >= 15 is 0 Å². The van der Waals surface area contributed by atoms with Crippen LogP contribution in [0.25, 0.3) is 11.0 Å². The average Bonchev–Trinajstić information content (AvgIpc) is 2.71. The zero-order valence-electron chi connectivity index (χ0n) is 10.3. The van der Waals surface area contributed by atoms with Gasteiger partial charge in [0.2, 0.25) is 0 Å². The Balaban J connectivity index is 2.01. The Hall–Kier alpha value is -0.930. The van der Waals surface area contributed by atoms with Crippen LogP contribution < -0.4 is 5.73 Å². The van der Waals surface area contributed by atoms with Gasteiger partial charge in [-0.15, -0.1) is 0 Å². The Labute approximate surface area is 107 Å². The van der Waals surface area contributed by atoms with E-state index in [1.54, 1.807) is 0 Å². The number of fused-ring (bicyclic) bond motifs is 1. The third-order valence-corrected chi connectivity index (χ3v) is 4.06. The minimum absolute atomic E-state index is 0.00819. The summed E-state index contributed by atoms with van der Waals surface area (Å²) in [5, 5.41) is 1.13. The number of nitrogens with two attached hydrogens (primary N) is 1. The van der Waals surface area contributed by atoms with Crippen LogP contribution in [0.2, 0.25) is 0 Å². The maximum absolute atomic E-state index is 6.13. The van der Waals surface area contributed by atoms with E-state index in [0.717, 1.165) is 28.2 Å². The normalized spacial score (nSPS) is 13.4. The molecule has 3 heteroatoms. The lowest BCUT2D eigenvalue weighted by molar-refractivity contribution is 0.516. The van der Waals surface area contributed by atoms with E-state index in [1.165, 1.54) is 0 Å². The van der Waals surface area contributed by atoms with Gasteiger partial charge in [0.05, 0.1) is 6.04 Å². The van der Waals surface area contributed by atoms with Crippen molar-refractivity contribution < 1.29 is 4.42 Å². The van der Waals surface area contributed by atoms with Crippen molar-refractivity contribution in [2.75, 3.05) is 11.5 Å². The molecule has 0 aliphatic carbocycles. The maximum Gasteiger partial charge on any atom is 0.134 e. The molecule has 0 saturated carbocycles. The molecule has 2 rings (SSSR count). The summed E-state index contributed by atoms with van der Waals surface area (Å²) in [4.78, 5) is 0. The Bertz CT molecular complexity index is 445. The monoisotopic (exact) mass is 249 g/mol. The Morgan fingerprint density at radius 1 is 1.24 bits per heavy atom. The van der Waals surface area contributed by atoms with Crippen LogP contribution in [-0.2, 0) is 0 Å². The van der Waals surface area contributed by atoms with E-state index in [2.05, 4.69) is 26.0 Å². The van der Waals surface area contributed by atoms with Crippen LogP contribution in [0, 0.1) is 5.92 Å². The standard InChI is InChI=1S/C14H19NOS/c1-10(2)8-17-9-12(15)14-7-11-5-3-4-6-13(11)16-14/h3-7,10,12H,8-9,15H2,1-2H3. The number of furan rings is 1. The quantitative estimate of drug-likeness (QED) is 0.875. The molecule has 0 bridgehead atoms. The first-order chi connectivity index (χ1) is 8.16. The molecule has 1 heterocycles. The molecule has 0 fully saturated rings. The highest BCUT2D eigenvalue weighted by Gasteiger charge is 2.12. The van der Waals surface area contributed by atoms with Gasteiger partial charge in [0.15, 0.2) is 0 Å². The first-order valence-corrected chi connectivity index (χ1v) is 7.14. The first-order valence-electron chi connectivity index (χ1n) is 5.98. The summed E-state index contributed by atoms with van der Waals surface area (Å²) in [5.41, 5.74) is 7.05. The predicted molar refractivity (Wildman–Crippen MR) is 75.3 cm³/mol. The number of para-hydroxylation sites is 1. The van der Waals surface area contributed by atoms with Crippen LogP contribution in [0.3, 0.4) is 0 Å². The van der Waals surface area contributed by atoms with Crippen LogP contribution >= 0.6 is 11.8 Å². The van der Waals surface area contributed by atoms with Crippen molar-refractivity contribution in [2.45, 2.75) is 19.9 Å². The fraction of sp³-hybridized carbons (Fsp3) is 0.429. The summed E-state index contributed by atoms with van der Waals surface area (Å²) in [6.45, 7) is 4.44. The highest BCUT2D eigenvalue weighted by molar-refractivity contribution is 7.99. The molecular weight excluding hydrogens is 230 g/mol. The molecule has 1 atom stereocenters. The number of rotatable bonds is 5. The van der Waals surface area contributed by atoms with E-state index in [9.17, 15) is 0 Å². The number of hydrogen-bond donors (Lipinski definition) is 1. The summed E-state index contributed by atoms with van der Waals surface area (Å²) in [6, 6.07) is 10.1. The summed E-state index contributed by atoms with van der Waals surface area (Å²) in [5.74, 6) is 3.66. The SMILES string of the molecule is CC(C)CSCC(N)c1cc2ccccc2o1. The third kappa shape index (κ3) is 3.27. The van der Waals surface area contributed by atoms with Gasteiger partial charge >= 0.3 is 0 Å². The van der Waals surface area contributed by atoms with Crippen molar-refractivity contribution in [1.29, 1.82) is 0 Å². The van der Waals surface area contributed by atoms with Gasteiger partial charge in [-0.1, -0.05) is 32.0 Å². The van der Waals surface area contributed by atoms with Crippen molar-refractivity contribution >= 4 is 22.7 Å². The van der Waals surface area contributed by atoms with Gasteiger partial charge in [-0.05, 0) is 23.8 Å². The molecule has 0 aliphatic rings. The van der Waals surface area contributed by atoms with Crippen LogP contribution in [0.5, 0.6) is 0 Å². The van der Waals surface area contributed by atoms with E-state index < -0.39 is 0 Å². The molecule has 0 aliphatic heterocycles. The molecule has 0 radical (unpaired) electrons. The smallest absolute Gasteiger partial charge is 0.134 e. The van der Waals surface area contributed by atoms with Gasteiger partial charge in [0, 0.05) is 11.1 Å². The minimum Gasteiger partial charge on any atom is -0.459 e. The minimum atomic E-state index is -0.00819. The zero-order valence-corrected chi connectivity index (χ0v) is 11.2. The van der Waals surface area contributed by atoms with Gasteiger partial charge in [-0.3, -0.25) is 0 Å². The Morgan fingerprint density at radius 2 is 2.00 bits per heavy atom. The summed E-state index contributed by atoms with van der Waals surface area (Å²) in [7, 11) is 0. The molecule has 1 aromatic carbocycles. The van der Waals surface area contributed by atoms with Crippen LogP contribution in [0.15, 0.2) is 34.7 Å². The average molecular weight is 249 g/mol. The van der Waals surface area contributed by atoms with Crippen LogP contribution in [0.4, 0.5) is 0 Å². The zero-order chi connectivity index (χ0) is 12.3. The van der Waals surface area contributed by atoms with Gasteiger partial charge < -0.3 is 10.2 Å². The van der Waals surface area contributed by atoms with Crippen LogP contribution in [-0.4, -0.2) is 11.5 Å². The fourth-order valence-corrected chi connectivity index (χ4v) is 2.72. The number of benzene rings is 1. The molecule has 0 spiro atoms. The molecular formula is C14H19NOS. The summed E-state index contributed by atoms with van der Waals surface area (Å²) >= 11 is 1.89. The van der Waals surface area contributed by atoms with Crippen molar-refractivity contribution in [2.24, 2.45) is 11.7 Å². The lowest BCUT2D eigenvalue weighted by Gasteiger charge is -2.09. The topological polar surface area (TPSA) is 39.2 Å². The van der Waals surface area contributed by atoms with E-state index in [4.69, 9.17) is 10.2 Å². The van der Waals surface area contributed by atoms with Crippen molar-refractivity contribution in [3.63, 3.8) is 0 Å². The molecule has 2 aromatic rings. The fourth-order valence-electron chi connectivity index (χ4n) is 1.70. The third-order valence-electron chi connectivity index (χ3n) is 2.56. The van der Waals surface area contributed by atoms with E-state index in [-0.39, 0.29) is 6.04 Å². The van der Waals surface area contributed by atoms with Crippen molar-refractivity contribution in [1.82, 2.24) is 0 Å². The van der Waals surface area contributed by atoms with Gasteiger partial charge in [0.25, 0.3) is 0 Å². The van der Waals surface area contributed by atoms with Gasteiger partial charge in [0.1, 0.15) is 11.3 Å². The predicted octanol–water partition coefficient (Wildman–Crippen LogP) is 3.82. The highest BCUT2D eigenvalue weighted by Crippen LogP contribution is 2.25. The lowest BCUT2D eigenvalue weighted by atomic mass is 10.2. The molecule has 1 aromatic heterocycles. The van der Waals surface area contributed by atoms with Crippen molar-refractivity contribution in [3.05, 3.63) is 36.1 Å². The van der Waals surface area contributed by atoms with E-state index in [1.807, 2.05) is 30.0 Å². The molecule has 0 amide bonds. The van der Waals surface area contributed by atoms with E-state index in [0.29, 0.717) is 5.92 Å². The second-order valence-electron chi connectivity index (χ2n) is 4.72. The highest BCUT2D eigenvalue weighted by atomic mass is 32.2. The molecule has 1 unspecified atom stereocenters. The molecule has 17 heavy (non-hydrogen) atoms. The Morgan fingerprint density at radius 3 is 2.71 bits per heavy atom. The van der Waals surface area contributed by atoms with Gasteiger partial charge in [-0.2, -0.15) is 11.8 Å². The summed E-state index contributed by atoms with van der Waals surface area (Å²) < 4.78 is 5.75. The second kappa shape index (κ2) is 5.61. The van der Waals surface area contributed by atoms with Gasteiger partial charge in [-0.25, -0.2) is 0 Å². The number of thioether (sulfide) groups is 1. The first kappa shape index (κ1) is 12.5. The molecule has 2 N–H and O–H groups in total. The molecule has 92 valence electrons. The lowest BCUT2D eigenvalue weighted by Crippen LogP contribution is -2.12. The van der Waals surface area contributed by atoms with Crippen molar-refractivity contribution in [3.8, 4) is 0 Å². The summed E-state index contributed by atoms with van der Waals surface area (Å²) in [6.07, 6.45) is 0. The molecule has 2 nitrogen and oxygen atoms in total. The largest absolute Gasteiger partial charge is 0.459 e. The maximum atomic E-state index is 6.13. The molecule has 0 saturated heterocycles. The number of hydrogen-bond acceptors (Lipinski definition) is 3.